The number of sulfone groups is 1. The van der Waals surface area contributed by atoms with Crippen molar-refractivity contribution < 1.29 is 8.42 Å². The molecule has 2 heterocycles. The standard InChI is InChI=1S/C13H25N5O2S/c1-9(2)8-18-12(14)11(21(3,19)20)13(17-18)16-10-5-4-6-15-7-10/h9-10,15H,4-8,14H2,1-3H3,(H,16,17). The molecule has 1 fully saturated rings. The van der Waals surface area contributed by atoms with E-state index in [1.165, 1.54) is 6.26 Å². The van der Waals surface area contributed by atoms with Gasteiger partial charge in [0, 0.05) is 25.4 Å². The van der Waals surface area contributed by atoms with Crippen molar-refractivity contribution in [3.8, 4) is 0 Å². The predicted molar refractivity (Wildman–Crippen MR) is 84.1 cm³/mol. The smallest absolute Gasteiger partial charge is 0.182 e. The summed E-state index contributed by atoms with van der Waals surface area (Å²) in [7, 11) is -3.42. The van der Waals surface area contributed by atoms with Crippen LogP contribution in [-0.4, -0.2) is 43.6 Å². The van der Waals surface area contributed by atoms with E-state index < -0.39 is 9.84 Å². The van der Waals surface area contributed by atoms with Crippen molar-refractivity contribution >= 4 is 21.5 Å². The lowest BCUT2D eigenvalue weighted by Gasteiger charge is -2.24. The molecular weight excluding hydrogens is 290 g/mol. The molecule has 7 nitrogen and oxygen atoms in total. The van der Waals surface area contributed by atoms with Gasteiger partial charge in [0.25, 0.3) is 0 Å². The van der Waals surface area contributed by atoms with E-state index in [4.69, 9.17) is 5.73 Å². The summed E-state index contributed by atoms with van der Waals surface area (Å²) in [6.07, 6.45) is 3.23. The number of nitrogens with one attached hydrogen (secondary N) is 2. The van der Waals surface area contributed by atoms with Gasteiger partial charge in [-0.15, -0.1) is 0 Å². The third-order valence-corrected chi connectivity index (χ3v) is 4.64. The highest BCUT2D eigenvalue weighted by atomic mass is 32.2. The molecule has 1 unspecified atom stereocenters. The fourth-order valence-electron chi connectivity index (χ4n) is 2.57. The van der Waals surface area contributed by atoms with Gasteiger partial charge in [0.2, 0.25) is 0 Å². The third-order valence-electron chi connectivity index (χ3n) is 3.49. The first-order valence-corrected chi connectivity index (χ1v) is 9.21. The molecule has 1 aliphatic heterocycles. The van der Waals surface area contributed by atoms with Crippen LogP contribution < -0.4 is 16.4 Å². The highest BCUT2D eigenvalue weighted by Gasteiger charge is 2.26. The largest absolute Gasteiger partial charge is 0.383 e. The average Bonchev–Trinajstić information content (AvgIpc) is 2.66. The van der Waals surface area contributed by atoms with Crippen LogP contribution in [0.15, 0.2) is 4.90 Å². The Morgan fingerprint density at radius 2 is 2.24 bits per heavy atom. The minimum absolute atomic E-state index is 0.119. The van der Waals surface area contributed by atoms with E-state index in [1.807, 2.05) is 13.8 Å². The average molecular weight is 315 g/mol. The number of nitrogen functional groups attached to an aromatic ring is 1. The number of nitrogens with two attached hydrogens (primary N) is 1. The maximum Gasteiger partial charge on any atom is 0.182 e. The zero-order chi connectivity index (χ0) is 15.6. The highest BCUT2D eigenvalue weighted by Crippen LogP contribution is 2.28. The van der Waals surface area contributed by atoms with Gasteiger partial charge in [0.1, 0.15) is 5.82 Å². The molecule has 0 saturated carbocycles. The van der Waals surface area contributed by atoms with E-state index in [9.17, 15) is 8.42 Å². The van der Waals surface area contributed by atoms with Crippen molar-refractivity contribution in [1.82, 2.24) is 15.1 Å². The van der Waals surface area contributed by atoms with Gasteiger partial charge in [0.15, 0.2) is 20.6 Å². The summed E-state index contributed by atoms with van der Waals surface area (Å²) in [6, 6.07) is 0.182. The summed E-state index contributed by atoms with van der Waals surface area (Å²) in [5.74, 6) is 0.936. The van der Waals surface area contributed by atoms with Gasteiger partial charge in [-0.25, -0.2) is 13.1 Å². The van der Waals surface area contributed by atoms with Crippen LogP contribution >= 0.6 is 0 Å². The summed E-state index contributed by atoms with van der Waals surface area (Å²) < 4.78 is 25.6. The van der Waals surface area contributed by atoms with Crippen LogP contribution in [0.4, 0.5) is 11.6 Å². The first-order chi connectivity index (χ1) is 9.79. The van der Waals surface area contributed by atoms with Crippen molar-refractivity contribution in [2.24, 2.45) is 5.92 Å². The minimum atomic E-state index is -3.42. The number of rotatable bonds is 5. The molecule has 4 N–H and O–H groups in total. The first kappa shape index (κ1) is 16.1. The Bertz CT molecular complexity index is 588. The van der Waals surface area contributed by atoms with Crippen molar-refractivity contribution in [2.75, 3.05) is 30.4 Å². The molecule has 21 heavy (non-hydrogen) atoms. The van der Waals surface area contributed by atoms with Crippen LogP contribution in [-0.2, 0) is 16.4 Å². The van der Waals surface area contributed by atoms with Crippen LogP contribution in [0.2, 0.25) is 0 Å². The Kier molecular flexibility index (Phi) is 4.77. The SMILES string of the molecule is CC(C)Cn1nc(NC2CCCNC2)c(S(C)(=O)=O)c1N. The van der Waals surface area contributed by atoms with Gasteiger partial charge in [-0.2, -0.15) is 5.10 Å². The molecule has 1 aliphatic rings. The van der Waals surface area contributed by atoms with Gasteiger partial charge in [-0.3, -0.25) is 0 Å². The zero-order valence-electron chi connectivity index (χ0n) is 12.9. The predicted octanol–water partition coefficient (Wildman–Crippen LogP) is 0.689. The highest BCUT2D eigenvalue weighted by molar-refractivity contribution is 7.91. The van der Waals surface area contributed by atoms with E-state index in [1.54, 1.807) is 4.68 Å². The second kappa shape index (κ2) is 6.23. The van der Waals surface area contributed by atoms with E-state index in [0.717, 1.165) is 25.9 Å². The fourth-order valence-corrected chi connectivity index (χ4v) is 3.51. The molecule has 1 atom stereocenters. The monoisotopic (exact) mass is 315 g/mol. The lowest BCUT2D eigenvalue weighted by molar-refractivity contribution is 0.472. The van der Waals surface area contributed by atoms with E-state index in [-0.39, 0.29) is 16.8 Å². The van der Waals surface area contributed by atoms with Crippen LogP contribution in [0.3, 0.4) is 0 Å². The number of anilines is 2. The van der Waals surface area contributed by atoms with Crippen molar-refractivity contribution in [1.29, 1.82) is 0 Å². The summed E-state index contributed by atoms with van der Waals surface area (Å²) in [5.41, 5.74) is 6.01. The number of hydrogen-bond donors (Lipinski definition) is 3. The van der Waals surface area contributed by atoms with Crippen molar-refractivity contribution in [2.45, 2.75) is 44.2 Å². The van der Waals surface area contributed by atoms with Gasteiger partial charge < -0.3 is 16.4 Å². The molecular formula is C13H25N5O2S. The molecule has 8 heteroatoms. The van der Waals surface area contributed by atoms with E-state index in [0.29, 0.717) is 18.3 Å². The fraction of sp³-hybridized carbons (Fsp3) is 0.769. The number of aromatic nitrogens is 2. The molecule has 0 aliphatic carbocycles. The van der Waals surface area contributed by atoms with E-state index in [2.05, 4.69) is 15.7 Å². The lowest BCUT2D eigenvalue weighted by Crippen LogP contribution is -2.38. The molecule has 0 bridgehead atoms. The lowest BCUT2D eigenvalue weighted by atomic mass is 10.1. The Morgan fingerprint density at radius 3 is 2.76 bits per heavy atom. The van der Waals surface area contributed by atoms with Crippen LogP contribution in [0.1, 0.15) is 26.7 Å². The summed E-state index contributed by atoms with van der Waals surface area (Å²) in [4.78, 5) is 0.119. The maximum atomic E-state index is 12.0. The Labute approximate surface area is 126 Å². The van der Waals surface area contributed by atoms with Crippen LogP contribution in [0.5, 0.6) is 0 Å². The normalized spacial score (nSPS) is 19.9. The molecule has 0 aromatic carbocycles. The first-order valence-electron chi connectivity index (χ1n) is 7.32. The van der Waals surface area contributed by atoms with Gasteiger partial charge in [-0.1, -0.05) is 13.8 Å². The van der Waals surface area contributed by atoms with Gasteiger partial charge in [0.05, 0.1) is 0 Å². The van der Waals surface area contributed by atoms with Gasteiger partial charge in [-0.05, 0) is 25.3 Å². The third kappa shape index (κ3) is 3.88. The topological polar surface area (TPSA) is 102 Å². The number of piperidine rings is 1. The van der Waals surface area contributed by atoms with Crippen molar-refractivity contribution in [3.63, 3.8) is 0 Å². The Morgan fingerprint density at radius 1 is 1.52 bits per heavy atom. The molecule has 2 rings (SSSR count). The number of hydrogen-bond acceptors (Lipinski definition) is 6. The second-order valence-corrected chi connectivity index (χ2v) is 8.05. The van der Waals surface area contributed by atoms with Gasteiger partial charge >= 0.3 is 0 Å². The Hall–Kier alpha value is -1.28. The zero-order valence-corrected chi connectivity index (χ0v) is 13.7. The molecule has 1 aromatic rings. The summed E-state index contributed by atoms with van der Waals surface area (Å²) in [6.45, 7) is 6.49. The molecule has 0 spiro atoms. The second-order valence-electron chi connectivity index (χ2n) is 6.10. The minimum Gasteiger partial charge on any atom is -0.383 e. The summed E-state index contributed by atoms with van der Waals surface area (Å²) in [5, 5.41) is 10.9. The quantitative estimate of drug-likeness (QED) is 0.739. The molecule has 1 saturated heterocycles. The molecule has 0 radical (unpaired) electrons. The van der Waals surface area contributed by atoms with Crippen molar-refractivity contribution in [3.05, 3.63) is 0 Å². The van der Waals surface area contributed by atoms with Crippen LogP contribution in [0, 0.1) is 5.92 Å². The number of nitrogens with zero attached hydrogens (tertiary/aromatic N) is 2. The van der Waals surface area contributed by atoms with E-state index >= 15 is 0 Å². The van der Waals surface area contributed by atoms with Crippen LogP contribution in [0.25, 0.3) is 0 Å². The molecule has 1 aromatic heterocycles. The molecule has 0 amide bonds. The summed E-state index contributed by atoms with van der Waals surface area (Å²) >= 11 is 0. The maximum absolute atomic E-state index is 12.0. The Balaban J connectivity index is 2.33. The molecule has 120 valence electrons.